The van der Waals surface area contributed by atoms with Crippen LogP contribution in [0.5, 0.6) is 23.0 Å². The number of rotatable bonds is 10. The van der Waals surface area contributed by atoms with Crippen molar-refractivity contribution in [2.24, 2.45) is 0 Å². The van der Waals surface area contributed by atoms with E-state index in [0.717, 1.165) is 33.3 Å². The summed E-state index contributed by atoms with van der Waals surface area (Å²) >= 11 is 0. The van der Waals surface area contributed by atoms with E-state index in [1.807, 2.05) is 104 Å². The first kappa shape index (κ1) is 40.5. The van der Waals surface area contributed by atoms with Gasteiger partial charge in [0.2, 0.25) is 0 Å². The number of pyridine rings is 2. The zero-order valence-corrected chi connectivity index (χ0v) is 35.4. The summed E-state index contributed by atoms with van der Waals surface area (Å²) in [5, 5.41) is 19.5. The predicted octanol–water partition coefficient (Wildman–Crippen LogP) is 10.6. The van der Waals surface area contributed by atoms with Gasteiger partial charge in [0, 0.05) is 41.3 Å². The van der Waals surface area contributed by atoms with Gasteiger partial charge in [-0.2, -0.15) is 22.9 Å². The molecule has 0 radical (unpaired) electrons. The molecule has 4 heterocycles. The first-order valence-electron chi connectivity index (χ1n) is 18.0. The van der Waals surface area contributed by atoms with E-state index >= 15 is 0 Å². The maximum absolute atomic E-state index is 6.37. The second kappa shape index (κ2) is 17.3. The molecule has 0 amide bonds. The summed E-state index contributed by atoms with van der Waals surface area (Å²) in [5.74, 6) is 3.71. The third-order valence-electron chi connectivity index (χ3n) is 9.16. The van der Waals surface area contributed by atoms with Gasteiger partial charge in [0.25, 0.3) is 5.95 Å². The Labute approximate surface area is 354 Å². The van der Waals surface area contributed by atoms with Crippen LogP contribution in [-0.4, -0.2) is 34.9 Å². The summed E-state index contributed by atoms with van der Waals surface area (Å²) < 4.78 is 14.6. The van der Waals surface area contributed by atoms with Crippen LogP contribution in [0.2, 0.25) is 0 Å². The molecule has 8 rings (SSSR count). The Morgan fingerprint density at radius 1 is 0.518 bits per heavy atom. The first-order valence-corrected chi connectivity index (χ1v) is 18.0. The average Bonchev–Trinajstić information content (AvgIpc) is 3.51. The molecule has 4 aromatic carbocycles. The van der Waals surface area contributed by atoms with E-state index in [1.165, 1.54) is 11.1 Å². The number of ether oxygens (including phenoxy) is 2. The van der Waals surface area contributed by atoms with Crippen molar-refractivity contribution in [1.82, 2.24) is 34.9 Å². The summed E-state index contributed by atoms with van der Waals surface area (Å²) in [6.45, 7) is 12.7. The van der Waals surface area contributed by atoms with Crippen molar-refractivity contribution in [3.8, 4) is 51.5 Å². The molecule has 56 heavy (non-hydrogen) atoms. The third kappa shape index (κ3) is 8.49. The van der Waals surface area contributed by atoms with Crippen molar-refractivity contribution in [3.63, 3.8) is 0 Å². The zero-order valence-electron chi connectivity index (χ0n) is 31.5. The molecule has 0 N–H and O–H groups in total. The molecule has 4 aromatic heterocycles. The standard InChI is InChI=1S/C45H37N7O2.Pd.Pt/c1-27(2)30-17-19-46-40(23-30)32-9-7-11-34(21-32)53-36-13-15-38-39-16-14-37(26-43(39)52(42(38)25-36)45-50-48-44(29(5)6)49-51-45)54-35-12-8-10-33(22-35)41-24-31(28(3)4)18-20-47-41;;/h7-20,23-24,27-29H,1-6H3;;/q-4;2*+2. The van der Waals surface area contributed by atoms with E-state index in [-0.39, 0.29) is 53.4 Å². The van der Waals surface area contributed by atoms with Crippen LogP contribution >= 0.6 is 0 Å². The molecule has 284 valence electrons. The average molecular weight is 1010 g/mol. The number of aromatic nitrogens is 7. The van der Waals surface area contributed by atoms with E-state index in [0.29, 0.717) is 51.7 Å². The predicted molar refractivity (Wildman–Crippen MR) is 209 cm³/mol. The van der Waals surface area contributed by atoms with Gasteiger partial charge < -0.3 is 24.0 Å². The molecule has 0 fully saturated rings. The number of hydrogen-bond acceptors (Lipinski definition) is 8. The zero-order chi connectivity index (χ0) is 37.3. The minimum absolute atomic E-state index is 0. The van der Waals surface area contributed by atoms with Gasteiger partial charge in [-0.1, -0.05) is 88.0 Å². The van der Waals surface area contributed by atoms with Crippen molar-refractivity contribution >= 4 is 21.8 Å². The van der Waals surface area contributed by atoms with Crippen LogP contribution < -0.4 is 9.47 Å². The summed E-state index contributed by atoms with van der Waals surface area (Å²) in [6, 6.07) is 41.2. The number of fused-ring (bicyclic) bond motifs is 3. The fourth-order valence-electron chi connectivity index (χ4n) is 6.15. The van der Waals surface area contributed by atoms with Crippen molar-refractivity contribution < 1.29 is 51.0 Å². The molecule has 11 heteroatoms. The molecular weight excluding hydrogens is 972 g/mol. The first-order chi connectivity index (χ1) is 26.2. The number of benzene rings is 4. The molecule has 8 aromatic rings. The Bertz CT molecular complexity index is 2470. The topological polar surface area (TPSA) is 101 Å². The molecule has 0 aliphatic carbocycles. The molecule has 0 bridgehead atoms. The molecule has 0 aliphatic rings. The SMILES string of the molecule is CC(C)c1ccnc(-c2[c-]c(Oc3[c-]c4c(cc3)c3ccc(Oc5[c-]c(-c6cc(C(C)C)ccn6)ccc5)[c-]c3n4-c3nnc(C(C)C)nn3)ccc2)c1.[Pd+2].[Pt+2]. The largest absolute Gasteiger partial charge is 2.00 e. The van der Waals surface area contributed by atoms with Gasteiger partial charge in [-0.3, -0.25) is 0 Å². The van der Waals surface area contributed by atoms with Crippen molar-refractivity contribution in [3.05, 3.63) is 139 Å². The minimum Gasteiger partial charge on any atom is -0.503 e. The second-order valence-electron chi connectivity index (χ2n) is 14.0. The quantitative estimate of drug-likeness (QED) is 0.0987. The Kier molecular flexibility index (Phi) is 12.6. The molecule has 0 atom stereocenters. The Hall–Kier alpha value is -5.13. The normalized spacial score (nSPS) is 11.2. The molecular formula is C45H37N7O2PdPt. The third-order valence-corrected chi connectivity index (χ3v) is 9.16. The molecule has 0 spiro atoms. The maximum Gasteiger partial charge on any atom is 2.00 e. The number of nitrogens with zero attached hydrogens (tertiary/aromatic N) is 7. The summed E-state index contributed by atoms with van der Waals surface area (Å²) in [5.41, 5.74) is 7.11. The second-order valence-corrected chi connectivity index (χ2v) is 14.0. The molecule has 0 saturated heterocycles. The van der Waals surface area contributed by atoms with E-state index in [2.05, 4.69) is 94.5 Å². The van der Waals surface area contributed by atoms with Gasteiger partial charge in [0.05, 0.1) is 0 Å². The number of hydrogen-bond donors (Lipinski definition) is 0. The van der Waals surface area contributed by atoms with Crippen LogP contribution in [0.25, 0.3) is 50.3 Å². The van der Waals surface area contributed by atoms with Gasteiger partial charge in [-0.15, -0.1) is 92.2 Å². The van der Waals surface area contributed by atoms with Gasteiger partial charge in [0.15, 0.2) is 5.82 Å². The van der Waals surface area contributed by atoms with Crippen molar-refractivity contribution in [2.75, 3.05) is 0 Å². The molecule has 0 saturated carbocycles. The summed E-state index contributed by atoms with van der Waals surface area (Å²) in [4.78, 5) is 9.17. The van der Waals surface area contributed by atoms with Crippen LogP contribution in [0, 0.1) is 24.3 Å². The maximum atomic E-state index is 6.37. The van der Waals surface area contributed by atoms with Crippen molar-refractivity contribution in [1.29, 1.82) is 0 Å². The summed E-state index contributed by atoms with van der Waals surface area (Å²) in [6.07, 6.45) is 3.67. The van der Waals surface area contributed by atoms with Gasteiger partial charge in [-0.05, 0) is 35.4 Å². The van der Waals surface area contributed by atoms with E-state index in [9.17, 15) is 0 Å². The van der Waals surface area contributed by atoms with E-state index in [4.69, 9.17) is 9.47 Å². The molecule has 0 unspecified atom stereocenters. The van der Waals surface area contributed by atoms with Crippen LogP contribution in [0.1, 0.15) is 76.2 Å². The van der Waals surface area contributed by atoms with Gasteiger partial charge in [-0.25, -0.2) is 0 Å². The molecule has 0 aliphatic heterocycles. The van der Waals surface area contributed by atoms with Gasteiger partial charge >= 0.3 is 41.5 Å². The van der Waals surface area contributed by atoms with E-state index < -0.39 is 0 Å². The van der Waals surface area contributed by atoms with Crippen molar-refractivity contribution in [2.45, 2.75) is 59.3 Å². The van der Waals surface area contributed by atoms with Crippen LogP contribution in [-0.2, 0) is 41.5 Å². The molecule has 9 nitrogen and oxygen atoms in total. The Balaban J connectivity index is 0.00000266. The summed E-state index contributed by atoms with van der Waals surface area (Å²) in [7, 11) is 0. The minimum atomic E-state index is 0. The van der Waals surface area contributed by atoms with Gasteiger partial charge in [0.1, 0.15) is 0 Å². The fourth-order valence-corrected chi connectivity index (χ4v) is 6.15. The fraction of sp³-hybridized carbons (Fsp3) is 0.200. The van der Waals surface area contributed by atoms with Crippen LogP contribution in [0.4, 0.5) is 0 Å². The monoisotopic (exact) mass is 1010 g/mol. The Morgan fingerprint density at radius 2 is 0.964 bits per heavy atom. The van der Waals surface area contributed by atoms with Crippen LogP contribution in [0.3, 0.4) is 0 Å². The smallest absolute Gasteiger partial charge is 0.503 e. The van der Waals surface area contributed by atoms with Crippen LogP contribution in [0.15, 0.2) is 97.3 Å². The van der Waals surface area contributed by atoms with E-state index in [1.54, 1.807) is 0 Å². The Morgan fingerprint density at radius 3 is 1.39 bits per heavy atom.